The summed E-state index contributed by atoms with van der Waals surface area (Å²) in [6, 6.07) is 11.5. The summed E-state index contributed by atoms with van der Waals surface area (Å²) in [5.41, 5.74) is 0.0570. The lowest BCUT2D eigenvalue weighted by molar-refractivity contribution is 0.0955. The summed E-state index contributed by atoms with van der Waals surface area (Å²) >= 11 is 1.06. The van der Waals surface area contributed by atoms with Gasteiger partial charge >= 0.3 is 5.69 Å². The molecule has 0 aliphatic heterocycles. The van der Waals surface area contributed by atoms with Gasteiger partial charge in [-0.15, -0.1) is 11.3 Å². The Morgan fingerprint density at radius 2 is 1.97 bits per heavy atom. The normalized spacial score (nSPS) is 10.9. The molecule has 2 N–H and O–H groups in total. The van der Waals surface area contributed by atoms with Crippen LogP contribution in [0.2, 0.25) is 0 Å². The number of hydrogen-bond acceptors (Lipinski definition) is 7. The van der Waals surface area contributed by atoms with Crippen molar-refractivity contribution < 1.29 is 9.53 Å². The fourth-order valence-electron chi connectivity index (χ4n) is 3.43. The molecular weight excluding hydrogens is 462 g/mol. The molecule has 176 valence electrons. The van der Waals surface area contributed by atoms with Gasteiger partial charge in [-0.05, 0) is 29.8 Å². The smallest absolute Gasteiger partial charge is 0.332 e. The highest BCUT2D eigenvalue weighted by Gasteiger charge is 2.18. The number of nitrogens with one attached hydrogen (secondary N) is 2. The van der Waals surface area contributed by atoms with E-state index in [1.165, 1.54) is 36.0 Å². The number of H-pyrrole nitrogens is 1. The molecule has 3 heterocycles. The monoisotopic (exact) mass is 482 g/mol. The van der Waals surface area contributed by atoms with Crippen LogP contribution < -0.4 is 31.7 Å². The maximum atomic E-state index is 13.1. The van der Waals surface area contributed by atoms with E-state index in [4.69, 9.17) is 4.74 Å². The number of hydrogen-bond donors (Lipinski definition) is 2. The Balaban J connectivity index is 1.63. The molecule has 0 saturated heterocycles. The van der Waals surface area contributed by atoms with Crippen LogP contribution in [0.3, 0.4) is 0 Å². The average molecular weight is 482 g/mol. The lowest BCUT2D eigenvalue weighted by atomic mass is 10.2. The number of carbonyl (C=O) groups excluding carboxylic acids is 1. The van der Waals surface area contributed by atoms with Crippen molar-refractivity contribution in [1.29, 1.82) is 0 Å². The summed E-state index contributed by atoms with van der Waals surface area (Å²) in [7, 11) is 3.09. The Labute approximate surface area is 196 Å². The number of amides is 1. The molecule has 0 aliphatic carbocycles. The Morgan fingerprint density at radius 3 is 2.65 bits per heavy atom. The molecule has 1 amide bonds. The van der Waals surface area contributed by atoms with Crippen LogP contribution in [0.15, 0.2) is 58.3 Å². The van der Waals surface area contributed by atoms with Gasteiger partial charge in [0.25, 0.3) is 17.0 Å². The van der Waals surface area contributed by atoms with Gasteiger partial charge < -0.3 is 20.5 Å². The third-order valence-corrected chi connectivity index (χ3v) is 6.43. The van der Waals surface area contributed by atoms with E-state index in [1.807, 2.05) is 18.2 Å². The van der Waals surface area contributed by atoms with Crippen LogP contribution in [-0.4, -0.2) is 27.1 Å². The lowest BCUT2D eigenvalue weighted by Crippen LogP contribution is -2.39. The molecule has 0 fully saturated rings. The van der Waals surface area contributed by atoms with E-state index in [9.17, 15) is 24.8 Å². The molecule has 11 nitrogen and oxygen atoms in total. The van der Waals surface area contributed by atoms with E-state index in [2.05, 4.69) is 10.3 Å². The Hall–Kier alpha value is -4.32. The van der Waals surface area contributed by atoms with E-state index in [-0.39, 0.29) is 29.9 Å². The van der Waals surface area contributed by atoms with Crippen molar-refractivity contribution in [1.82, 2.24) is 24.3 Å². The van der Waals surface area contributed by atoms with Gasteiger partial charge in [-0.25, -0.2) is 9.78 Å². The van der Waals surface area contributed by atoms with Crippen LogP contribution >= 0.6 is 11.3 Å². The minimum Gasteiger partial charge on any atom is -0.712 e. The van der Waals surface area contributed by atoms with E-state index < -0.39 is 16.2 Å². The first-order valence-electron chi connectivity index (χ1n) is 10.1. The number of methoxy groups -OCH3 is 1. The summed E-state index contributed by atoms with van der Waals surface area (Å²) in [5.74, 6) is 0.308. The Bertz CT molecular complexity index is 1550. The quantitative estimate of drug-likeness (QED) is 0.389. The molecule has 0 atom stereocenters. The van der Waals surface area contributed by atoms with Crippen molar-refractivity contribution in [3.05, 3.63) is 101 Å². The van der Waals surface area contributed by atoms with Crippen LogP contribution in [0.5, 0.6) is 5.75 Å². The molecule has 0 aliphatic rings. The SMILES string of the molecule is COc1cccc(CNC(=O)c2cc3c(=O)n(Cc4ccc(=[N+]([O-])[O-])[nH]c4)c(=O)n(C)c3s2)c1. The van der Waals surface area contributed by atoms with E-state index in [1.54, 1.807) is 13.2 Å². The first kappa shape index (κ1) is 22.9. The zero-order valence-corrected chi connectivity index (χ0v) is 19.0. The molecular formula is C22H20N5O6S-. The third-order valence-electron chi connectivity index (χ3n) is 5.22. The number of thiophene rings is 1. The molecule has 0 bridgehead atoms. The number of rotatable bonds is 6. The van der Waals surface area contributed by atoms with Gasteiger partial charge in [0.05, 0.1) is 30.1 Å². The second kappa shape index (κ2) is 9.27. The zero-order chi connectivity index (χ0) is 24.4. The molecule has 0 saturated carbocycles. The second-order valence-corrected chi connectivity index (χ2v) is 8.47. The molecule has 0 spiro atoms. The fraction of sp³-hybridized carbons (Fsp3) is 0.182. The van der Waals surface area contributed by atoms with Gasteiger partial charge in [-0.3, -0.25) is 23.6 Å². The number of aromatic nitrogens is 3. The summed E-state index contributed by atoms with van der Waals surface area (Å²) in [4.78, 5) is 41.2. The number of carbonyl (C=O) groups is 1. The van der Waals surface area contributed by atoms with Crippen molar-refractivity contribution in [3.63, 3.8) is 0 Å². The Morgan fingerprint density at radius 1 is 1.18 bits per heavy atom. The third kappa shape index (κ3) is 4.43. The highest BCUT2D eigenvalue weighted by Crippen LogP contribution is 2.22. The van der Waals surface area contributed by atoms with Gasteiger partial charge in [0.1, 0.15) is 10.6 Å². The van der Waals surface area contributed by atoms with Crippen LogP contribution in [0.25, 0.3) is 10.2 Å². The topological polar surface area (TPSA) is 147 Å². The Kier molecular flexibility index (Phi) is 6.23. The van der Waals surface area contributed by atoms with Gasteiger partial charge in [0.2, 0.25) is 0 Å². The summed E-state index contributed by atoms with van der Waals surface area (Å²) in [6.07, 6.45) is 1.37. The van der Waals surface area contributed by atoms with Gasteiger partial charge in [0.15, 0.2) is 0 Å². The number of pyridine rings is 1. The van der Waals surface area contributed by atoms with Crippen LogP contribution in [0.4, 0.5) is 0 Å². The summed E-state index contributed by atoms with van der Waals surface area (Å²) in [5, 5.41) is 24.7. The van der Waals surface area contributed by atoms with Gasteiger partial charge in [0, 0.05) is 25.2 Å². The van der Waals surface area contributed by atoms with E-state index >= 15 is 0 Å². The van der Waals surface area contributed by atoms with Crippen LogP contribution in [-0.2, 0) is 20.1 Å². The van der Waals surface area contributed by atoms with E-state index in [0.29, 0.717) is 21.0 Å². The number of aryl methyl sites for hydroxylation is 1. The van der Waals surface area contributed by atoms with E-state index in [0.717, 1.165) is 21.5 Å². The van der Waals surface area contributed by atoms with Crippen molar-refractivity contribution in [2.75, 3.05) is 7.11 Å². The van der Waals surface area contributed by atoms with Crippen molar-refractivity contribution >= 4 is 27.5 Å². The number of aromatic amines is 1. The first-order chi connectivity index (χ1) is 16.3. The van der Waals surface area contributed by atoms with Crippen molar-refractivity contribution in [3.8, 4) is 5.75 Å². The molecule has 4 rings (SSSR count). The average Bonchev–Trinajstić information content (AvgIpc) is 3.30. The van der Waals surface area contributed by atoms with Crippen LogP contribution in [0, 0.1) is 10.4 Å². The zero-order valence-electron chi connectivity index (χ0n) is 18.2. The molecule has 1 aromatic carbocycles. The van der Waals surface area contributed by atoms with Gasteiger partial charge in [-0.1, -0.05) is 12.1 Å². The largest absolute Gasteiger partial charge is 0.712 e. The number of benzene rings is 1. The minimum absolute atomic E-state index is 0.0802. The van der Waals surface area contributed by atoms with Gasteiger partial charge in [-0.2, -0.15) is 0 Å². The maximum Gasteiger partial charge on any atom is 0.332 e. The number of nitrogens with zero attached hydrogens (tertiary/aromatic N) is 3. The number of fused-ring (bicyclic) bond motifs is 1. The predicted molar refractivity (Wildman–Crippen MR) is 127 cm³/mol. The minimum atomic E-state index is -0.576. The second-order valence-electron chi connectivity index (χ2n) is 7.44. The number of ether oxygens (including phenoxy) is 1. The van der Waals surface area contributed by atoms with Crippen molar-refractivity contribution in [2.45, 2.75) is 13.1 Å². The molecule has 0 unspecified atom stereocenters. The van der Waals surface area contributed by atoms with Crippen molar-refractivity contribution in [2.24, 2.45) is 7.05 Å². The molecule has 4 aromatic rings. The maximum absolute atomic E-state index is 13.1. The highest BCUT2D eigenvalue weighted by molar-refractivity contribution is 7.20. The lowest BCUT2D eigenvalue weighted by Gasteiger charge is -2.10. The summed E-state index contributed by atoms with van der Waals surface area (Å²) in [6.45, 7) is 0.188. The summed E-state index contributed by atoms with van der Waals surface area (Å²) < 4.78 is 7.53. The standard InChI is InChI=1S/C22H20N5O6S/c1-25-21-16(9-17(34-21)19(28)24-10-13-4-3-5-15(8-13)33-2)20(29)26(22(25)30)12-14-6-7-18(23-11-14)27(31)32/h3-9,11,23H,10,12H2,1-2H3,(H-,24,28,31,32)/q-1. The first-order valence-corrected chi connectivity index (χ1v) is 10.9. The molecule has 0 radical (unpaired) electrons. The fourth-order valence-corrected chi connectivity index (χ4v) is 4.45. The molecule has 12 heteroatoms. The molecule has 34 heavy (non-hydrogen) atoms. The highest BCUT2D eigenvalue weighted by atomic mass is 32.1. The predicted octanol–water partition coefficient (Wildman–Crippen LogP) is 0.844. The molecule has 3 aromatic heterocycles. The van der Waals surface area contributed by atoms with Crippen LogP contribution in [0.1, 0.15) is 20.8 Å².